The quantitative estimate of drug-likeness (QED) is 0.0204. The third kappa shape index (κ3) is 39.2. The summed E-state index contributed by atoms with van der Waals surface area (Å²) in [4.78, 5) is 37.4. The molecule has 0 spiro atoms. The molecule has 0 aliphatic carbocycles. The van der Waals surface area contributed by atoms with Gasteiger partial charge in [0.05, 0.1) is 27.7 Å². The highest BCUT2D eigenvalue weighted by Crippen LogP contribution is 2.38. The summed E-state index contributed by atoms with van der Waals surface area (Å²) in [7, 11) is 1.12. The minimum atomic E-state index is -4.64. The number of esters is 2. The number of hydrogen-bond donors (Lipinski definition) is 0. The fraction of sp³-hybridized carbons (Fsp3) is 0.721. The molecule has 10 heteroatoms. The van der Waals surface area contributed by atoms with Crippen LogP contribution in [-0.4, -0.2) is 70.0 Å². The molecule has 0 fully saturated rings. The van der Waals surface area contributed by atoms with Crippen molar-refractivity contribution in [1.29, 1.82) is 0 Å². The van der Waals surface area contributed by atoms with Gasteiger partial charge < -0.3 is 27.9 Å². The number of nitrogens with zero attached hydrogens (tertiary/aromatic N) is 1. The van der Waals surface area contributed by atoms with Crippen molar-refractivity contribution in [2.45, 2.75) is 155 Å². The fourth-order valence-electron chi connectivity index (χ4n) is 5.07. The van der Waals surface area contributed by atoms with E-state index >= 15 is 0 Å². The lowest BCUT2D eigenvalue weighted by Gasteiger charge is -2.28. The van der Waals surface area contributed by atoms with Gasteiger partial charge in [-0.3, -0.25) is 14.2 Å². The summed E-state index contributed by atoms with van der Waals surface area (Å²) in [5, 5.41) is 0. The van der Waals surface area contributed by atoms with Crippen molar-refractivity contribution < 1.29 is 42.1 Å². The summed E-state index contributed by atoms with van der Waals surface area (Å²) in [6.45, 7) is 4.00. The van der Waals surface area contributed by atoms with Gasteiger partial charge in [-0.15, -0.1) is 0 Å². The lowest BCUT2D eigenvalue weighted by molar-refractivity contribution is -0.870. The molecule has 0 bridgehead atoms. The van der Waals surface area contributed by atoms with E-state index in [9.17, 15) is 19.0 Å². The van der Waals surface area contributed by atoms with Crippen LogP contribution in [0.1, 0.15) is 149 Å². The van der Waals surface area contributed by atoms with Crippen molar-refractivity contribution in [2.24, 2.45) is 0 Å². The average Bonchev–Trinajstić information content (AvgIpc) is 3.10. The first-order valence-corrected chi connectivity index (χ1v) is 22.0. The maximum absolute atomic E-state index is 12.6. The molecule has 0 aromatic rings. The van der Waals surface area contributed by atoms with Gasteiger partial charge in [0.2, 0.25) is 0 Å². The van der Waals surface area contributed by atoms with Gasteiger partial charge in [0, 0.05) is 12.8 Å². The standard InChI is InChI=1S/C43H76NO8P/c1-6-8-10-12-14-16-18-20-21-22-24-25-27-29-31-33-35-42(45)49-39-41(40-51-53(47,48)50-38-37-44(3,4)5)52-43(46)36-34-32-30-28-26-23-19-17-15-13-11-9-7-2/h8,10,14,16,20-21,23,26,30,32,41H,6-7,9,11-13,15,17-19,22,24-25,27-29,31,33-40H2,1-5H3/b10-8+,16-14+,21-20+,26-23+,32-30+. The van der Waals surface area contributed by atoms with E-state index in [1.165, 1.54) is 38.5 Å². The molecule has 0 saturated carbocycles. The number of likely N-dealkylation sites (N-methyl/N-ethyl adjacent to an activating group) is 1. The van der Waals surface area contributed by atoms with Crippen molar-refractivity contribution in [2.75, 3.05) is 47.5 Å². The van der Waals surface area contributed by atoms with E-state index in [4.69, 9.17) is 18.5 Å². The minimum Gasteiger partial charge on any atom is -0.756 e. The lowest BCUT2D eigenvalue weighted by atomic mass is 10.1. The number of hydrogen-bond acceptors (Lipinski definition) is 8. The molecule has 53 heavy (non-hydrogen) atoms. The van der Waals surface area contributed by atoms with Gasteiger partial charge >= 0.3 is 11.9 Å². The Bertz CT molecular complexity index is 1090. The van der Waals surface area contributed by atoms with Crippen LogP contribution in [0, 0.1) is 0 Å². The van der Waals surface area contributed by atoms with E-state index in [0.717, 1.165) is 70.6 Å². The molecule has 0 heterocycles. The van der Waals surface area contributed by atoms with E-state index < -0.39 is 32.5 Å². The molecule has 0 aromatic heterocycles. The Morgan fingerprint density at radius 3 is 1.68 bits per heavy atom. The SMILES string of the molecule is CC/C=C/C/C=C/C/C=C/CCCCCCCCC(=O)OCC(COP(=O)([O-])OCC[N+](C)(C)C)OC(=O)CC/C=C/C/C=C/CCCCCCCC. The van der Waals surface area contributed by atoms with Gasteiger partial charge in [0.25, 0.3) is 7.82 Å². The third-order valence-electron chi connectivity index (χ3n) is 8.29. The Morgan fingerprint density at radius 2 is 1.11 bits per heavy atom. The topological polar surface area (TPSA) is 111 Å². The first-order chi connectivity index (χ1) is 25.5. The molecule has 2 unspecified atom stereocenters. The van der Waals surface area contributed by atoms with E-state index in [2.05, 4.69) is 62.5 Å². The Hall–Kier alpha value is -2.29. The third-order valence-corrected chi connectivity index (χ3v) is 9.25. The molecular weight excluding hydrogens is 689 g/mol. The Kier molecular flexibility index (Phi) is 33.9. The second-order valence-corrected chi connectivity index (χ2v) is 16.0. The number of carbonyl (C=O) groups excluding carboxylic acids is 2. The predicted octanol–water partition coefficient (Wildman–Crippen LogP) is 10.7. The fourth-order valence-corrected chi connectivity index (χ4v) is 5.80. The zero-order valence-electron chi connectivity index (χ0n) is 34.2. The van der Waals surface area contributed by atoms with Crippen LogP contribution < -0.4 is 4.89 Å². The second-order valence-electron chi connectivity index (χ2n) is 14.6. The second kappa shape index (κ2) is 35.4. The monoisotopic (exact) mass is 766 g/mol. The first kappa shape index (κ1) is 50.7. The Morgan fingerprint density at radius 1 is 0.604 bits per heavy atom. The Balaban J connectivity index is 4.49. The highest BCUT2D eigenvalue weighted by molar-refractivity contribution is 7.45. The van der Waals surface area contributed by atoms with E-state index in [1.54, 1.807) is 0 Å². The van der Waals surface area contributed by atoms with Crippen LogP contribution in [0.5, 0.6) is 0 Å². The maximum atomic E-state index is 12.6. The predicted molar refractivity (Wildman–Crippen MR) is 217 cm³/mol. The van der Waals surface area contributed by atoms with Gasteiger partial charge in [0.1, 0.15) is 19.8 Å². The molecular formula is C43H76NO8P. The summed E-state index contributed by atoms with van der Waals surface area (Å²) in [5.41, 5.74) is 0. The normalized spacial score (nSPS) is 14.3. The smallest absolute Gasteiger partial charge is 0.306 e. The van der Waals surface area contributed by atoms with Crippen molar-refractivity contribution in [1.82, 2.24) is 0 Å². The van der Waals surface area contributed by atoms with Gasteiger partial charge in [-0.05, 0) is 64.2 Å². The van der Waals surface area contributed by atoms with Crippen LogP contribution in [0.2, 0.25) is 0 Å². The van der Waals surface area contributed by atoms with Crippen LogP contribution in [0.4, 0.5) is 0 Å². The molecule has 2 atom stereocenters. The van der Waals surface area contributed by atoms with Gasteiger partial charge in [-0.25, -0.2) is 0 Å². The minimum absolute atomic E-state index is 0.0449. The Labute approximate surface area is 324 Å². The number of ether oxygens (including phenoxy) is 2. The zero-order valence-corrected chi connectivity index (χ0v) is 35.1. The van der Waals surface area contributed by atoms with E-state index in [1.807, 2.05) is 33.3 Å². The number of phosphoric acid groups is 1. The van der Waals surface area contributed by atoms with Crippen LogP contribution >= 0.6 is 7.82 Å². The highest BCUT2D eigenvalue weighted by atomic mass is 31.2. The van der Waals surface area contributed by atoms with Gasteiger partial charge in [-0.1, -0.05) is 132 Å². The largest absolute Gasteiger partial charge is 0.756 e. The summed E-state index contributed by atoms with van der Waals surface area (Å²) in [6, 6.07) is 0. The van der Waals surface area contributed by atoms with Crippen LogP contribution in [0.15, 0.2) is 60.8 Å². The molecule has 0 aromatic carbocycles. The molecule has 9 nitrogen and oxygen atoms in total. The maximum Gasteiger partial charge on any atom is 0.306 e. The average molecular weight is 766 g/mol. The molecule has 0 aliphatic rings. The molecule has 306 valence electrons. The zero-order chi connectivity index (χ0) is 39.3. The van der Waals surface area contributed by atoms with Crippen molar-refractivity contribution in [3.8, 4) is 0 Å². The molecule has 0 rings (SSSR count). The van der Waals surface area contributed by atoms with E-state index in [0.29, 0.717) is 23.9 Å². The molecule has 0 aliphatic heterocycles. The number of phosphoric ester groups is 1. The summed E-state index contributed by atoms with van der Waals surface area (Å²) >= 11 is 0. The van der Waals surface area contributed by atoms with Crippen molar-refractivity contribution in [3.63, 3.8) is 0 Å². The number of rotatable bonds is 36. The van der Waals surface area contributed by atoms with Gasteiger partial charge in [-0.2, -0.15) is 0 Å². The number of carbonyl (C=O) groups is 2. The summed E-state index contributed by atoms with van der Waals surface area (Å²) in [5.74, 6) is -0.934. The van der Waals surface area contributed by atoms with E-state index in [-0.39, 0.29) is 26.1 Å². The lowest BCUT2D eigenvalue weighted by Crippen LogP contribution is -2.37. The van der Waals surface area contributed by atoms with Crippen molar-refractivity contribution >= 4 is 19.8 Å². The first-order valence-electron chi connectivity index (χ1n) is 20.5. The number of unbranched alkanes of at least 4 members (excludes halogenated alkanes) is 12. The molecule has 0 N–H and O–H groups in total. The molecule has 0 amide bonds. The van der Waals surface area contributed by atoms with Crippen LogP contribution in [0.25, 0.3) is 0 Å². The van der Waals surface area contributed by atoms with Crippen molar-refractivity contribution in [3.05, 3.63) is 60.8 Å². The highest BCUT2D eigenvalue weighted by Gasteiger charge is 2.21. The van der Waals surface area contributed by atoms with Crippen LogP contribution in [0.3, 0.4) is 0 Å². The molecule has 0 saturated heterocycles. The van der Waals surface area contributed by atoms with Crippen LogP contribution in [-0.2, 0) is 32.7 Å². The number of allylic oxidation sites excluding steroid dienone is 10. The summed E-state index contributed by atoms with van der Waals surface area (Å²) < 4.78 is 33.7. The number of quaternary nitrogens is 1. The summed E-state index contributed by atoms with van der Waals surface area (Å²) in [6.07, 6.45) is 41.2. The van der Waals surface area contributed by atoms with Gasteiger partial charge in [0.15, 0.2) is 6.10 Å². The molecule has 0 radical (unpaired) electrons.